The second kappa shape index (κ2) is 8.70. The van der Waals surface area contributed by atoms with Gasteiger partial charge in [0.15, 0.2) is 5.58 Å². The number of fused-ring (bicyclic) bond motifs is 3. The molecule has 0 aliphatic carbocycles. The first-order valence-electron chi connectivity index (χ1n) is 11.5. The predicted octanol–water partition coefficient (Wildman–Crippen LogP) is 4.21. The summed E-state index contributed by atoms with van der Waals surface area (Å²) < 4.78 is 6.23. The molecule has 2 atom stereocenters. The molecule has 0 saturated carbocycles. The van der Waals surface area contributed by atoms with Crippen LogP contribution < -0.4 is 10.2 Å². The van der Waals surface area contributed by atoms with E-state index in [-0.39, 0.29) is 18.0 Å². The Morgan fingerprint density at radius 1 is 1.14 bits per heavy atom. The Morgan fingerprint density at radius 2 is 1.91 bits per heavy atom. The van der Waals surface area contributed by atoms with Crippen molar-refractivity contribution < 1.29 is 19.1 Å². The van der Waals surface area contributed by atoms with Gasteiger partial charge in [0, 0.05) is 36.8 Å². The van der Waals surface area contributed by atoms with Gasteiger partial charge >= 0.3 is 6.09 Å². The van der Waals surface area contributed by atoms with Crippen molar-refractivity contribution in [2.75, 3.05) is 18.0 Å². The number of rotatable bonds is 5. The lowest BCUT2D eigenvalue weighted by Gasteiger charge is -2.38. The summed E-state index contributed by atoms with van der Waals surface area (Å²) >= 11 is 1.46. The average molecular weight is 490 g/mol. The van der Waals surface area contributed by atoms with Crippen LogP contribution in [0.15, 0.2) is 58.5 Å². The lowest BCUT2D eigenvalue weighted by Crippen LogP contribution is -2.55. The number of hydrogen-bond acceptors (Lipinski definition) is 7. The number of carboxylic acid groups (broad SMARTS) is 1. The van der Waals surface area contributed by atoms with Crippen molar-refractivity contribution >= 4 is 40.5 Å². The van der Waals surface area contributed by atoms with Crippen LogP contribution in [0.1, 0.15) is 28.8 Å². The van der Waals surface area contributed by atoms with Crippen molar-refractivity contribution in [1.82, 2.24) is 20.2 Å². The van der Waals surface area contributed by atoms with Gasteiger partial charge in [-0.1, -0.05) is 30.3 Å². The smallest absolute Gasteiger partial charge is 0.407 e. The number of aromatic nitrogens is 2. The molecular weight excluding hydrogens is 466 g/mol. The molecule has 2 amide bonds. The van der Waals surface area contributed by atoms with Crippen LogP contribution in [0.4, 0.5) is 10.8 Å². The van der Waals surface area contributed by atoms with Crippen LogP contribution in [0.3, 0.4) is 0 Å². The number of nitrogens with zero attached hydrogens (tertiary/aromatic N) is 4. The van der Waals surface area contributed by atoms with Gasteiger partial charge in [-0.15, -0.1) is 11.3 Å². The van der Waals surface area contributed by atoms with Crippen LogP contribution in [-0.2, 0) is 6.54 Å². The van der Waals surface area contributed by atoms with E-state index in [4.69, 9.17) is 9.40 Å². The average Bonchev–Trinajstić information content (AvgIpc) is 3.60. The fourth-order valence-corrected chi connectivity index (χ4v) is 5.71. The zero-order valence-corrected chi connectivity index (χ0v) is 19.6. The number of benzene rings is 2. The lowest BCUT2D eigenvalue weighted by molar-refractivity contribution is 0.0950. The number of carbonyl (C=O) groups excluding carboxylic acids is 1. The van der Waals surface area contributed by atoms with Gasteiger partial charge in [0.05, 0.1) is 17.6 Å². The van der Waals surface area contributed by atoms with E-state index in [1.54, 1.807) is 23.2 Å². The van der Waals surface area contributed by atoms with E-state index in [0.717, 1.165) is 23.4 Å². The molecule has 2 aliphatic rings. The van der Waals surface area contributed by atoms with Gasteiger partial charge in [0.1, 0.15) is 10.5 Å². The SMILES string of the molecule is O=C(NCc1ccccc1)c1cc(-c2nccs2)c2oc(N3CC4CCC(C3)N4C(=O)O)nc2c1. The largest absolute Gasteiger partial charge is 0.465 e. The highest BCUT2D eigenvalue weighted by Crippen LogP contribution is 2.37. The summed E-state index contributed by atoms with van der Waals surface area (Å²) in [5.41, 5.74) is 3.36. The summed E-state index contributed by atoms with van der Waals surface area (Å²) in [5, 5.41) is 15.1. The molecule has 9 nitrogen and oxygen atoms in total. The Morgan fingerprint density at radius 3 is 2.60 bits per heavy atom. The molecule has 6 rings (SSSR count). The van der Waals surface area contributed by atoms with Crippen molar-refractivity contribution in [3.63, 3.8) is 0 Å². The molecule has 2 aromatic carbocycles. The van der Waals surface area contributed by atoms with Crippen LogP contribution in [-0.4, -0.2) is 57.1 Å². The second-order valence-corrected chi connectivity index (χ2v) is 9.75. The highest BCUT2D eigenvalue weighted by Gasteiger charge is 2.43. The summed E-state index contributed by atoms with van der Waals surface area (Å²) in [6.07, 6.45) is 2.52. The van der Waals surface area contributed by atoms with Crippen LogP contribution in [0.2, 0.25) is 0 Å². The molecule has 2 bridgehead atoms. The number of carbonyl (C=O) groups is 2. The first-order valence-corrected chi connectivity index (χ1v) is 12.4. The predicted molar refractivity (Wildman–Crippen MR) is 132 cm³/mol. The third-order valence-electron chi connectivity index (χ3n) is 6.67. The molecule has 10 heteroatoms. The maximum Gasteiger partial charge on any atom is 0.407 e. The van der Waals surface area contributed by atoms with Crippen molar-refractivity contribution in [2.45, 2.75) is 31.5 Å². The van der Waals surface area contributed by atoms with Crippen molar-refractivity contribution in [3.05, 3.63) is 65.2 Å². The monoisotopic (exact) mass is 489 g/mol. The standard InChI is InChI=1S/C25H23N5O4S/c31-22(27-12-15-4-2-1-3-5-15)16-10-19(23-26-8-9-35-23)21-20(11-16)28-24(34-21)29-13-17-6-7-18(14-29)30(17)25(32)33/h1-5,8-11,17-18H,6-7,12-14H2,(H,27,31)(H,32,33). The van der Waals surface area contributed by atoms with E-state index in [1.165, 1.54) is 11.3 Å². The van der Waals surface area contributed by atoms with E-state index in [2.05, 4.69) is 10.3 Å². The molecule has 4 aromatic rings. The van der Waals surface area contributed by atoms with Crippen LogP contribution in [0.25, 0.3) is 21.7 Å². The molecule has 2 N–H and O–H groups in total. The minimum atomic E-state index is -0.869. The number of anilines is 1. The zero-order chi connectivity index (χ0) is 23.9. The fourth-order valence-electron chi connectivity index (χ4n) is 5.05. The molecule has 2 aliphatic heterocycles. The van der Waals surface area contributed by atoms with Gasteiger partial charge in [-0.25, -0.2) is 9.78 Å². The second-order valence-electron chi connectivity index (χ2n) is 8.85. The van der Waals surface area contributed by atoms with E-state index >= 15 is 0 Å². The lowest BCUT2D eigenvalue weighted by atomic mass is 10.1. The van der Waals surface area contributed by atoms with Crippen molar-refractivity contribution in [3.8, 4) is 10.6 Å². The molecule has 2 fully saturated rings. The highest BCUT2D eigenvalue weighted by molar-refractivity contribution is 7.13. The normalized spacial score (nSPS) is 19.3. The number of hydrogen-bond donors (Lipinski definition) is 2. The topological polar surface area (TPSA) is 112 Å². The number of nitrogens with one attached hydrogen (secondary N) is 1. The van der Waals surface area contributed by atoms with E-state index in [0.29, 0.717) is 47.9 Å². The Hall–Kier alpha value is -3.92. The Bertz CT molecular complexity index is 1370. The first-order chi connectivity index (χ1) is 17.1. The van der Waals surface area contributed by atoms with Crippen LogP contribution in [0.5, 0.6) is 0 Å². The van der Waals surface area contributed by atoms with E-state index < -0.39 is 6.09 Å². The van der Waals surface area contributed by atoms with Crippen LogP contribution in [0, 0.1) is 0 Å². The summed E-state index contributed by atoms with van der Waals surface area (Å²) in [6.45, 7) is 1.49. The molecule has 2 aromatic heterocycles. The summed E-state index contributed by atoms with van der Waals surface area (Å²) in [4.78, 5) is 37.4. The Kier molecular flexibility index (Phi) is 5.37. The first kappa shape index (κ1) is 21.6. The maximum atomic E-state index is 13.0. The molecule has 35 heavy (non-hydrogen) atoms. The van der Waals surface area contributed by atoms with Gasteiger partial charge < -0.3 is 19.7 Å². The van der Waals surface area contributed by atoms with E-state index in [9.17, 15) is 14.7 Å². The minimum absolute atomic E-state index is 0.0704. The molecule has 2 saturated heterocycles. The summed E-state index contributed by atoms with van der Waals surface area (Å²) in [5.74, 6) is -0.203. The number of thiazole rings is 1. The van der Waals surface area contributed by atoms with Crippen molar-refractivity contribution in [1.29, 1.82) is 0 Å². The third-order valence-corrected chi connectivity index (χ3v) is 7.48. The van der Waals surface area contributed by atoms with E-state index in [1.807, 2.05) is 40.6 Å². The highest BCUT2D eigenvalue weighted by atomic mass is 32.1. The number of amides is 2. The Labute approximate surface area is 205 Å². The molecule has 0 spiro atoms. The number of piperazine rings is 1. The quantitative estimate of drug-likeness (QED) is 0.432. The fraction of sp³-hybridized carbons (Fsp3) is 0.280. The maximum absolute atomic E-state index is 13.0. The molecule has 4 heterocycles. The minimum Gasteiger partial charge on any atom is -0.465 e. The molecule has 0 radical (unpaired) electrons. The molecule has 178 valence electrons. The number of oxazole rings is 1. The van der Waals surface area contributed by atoms with Crippen molar-refractivity contribution in [2.24, 2.45) is 0 Å². The zero-order valence-electron chi connectivity index (χ0n) is 18.8. The van der Waals surface area contributed by atoms with Crippen LogP contribution >= 0.6 is 11.3 Å². The van der Waals surface area contributed by atoms with Gasteiger partial charge in [-0.2, -0.15) is 4.98 Å². The van der Waals surface area contributed by atoms with Gasteiger partial charge in [0.25, 0.3) is 11.9 Å². The third kappa shape index (κ3) is 3.99. The van der Waals surface area contributed by atoms with Gasteiger partial charge in [0.2, 0.25) is 0 Å². The summed E-state index contributed by atoms with van der Waals surface area (Å²) in [7, 11) is 0. The molecule has 2 unspecified atom stereocenters. The van der Waals surface area contributed by atoms with Gasteiger partial charge in [-0.05, 0) is 30.5 Å². The van der Waals surface area contributed by atoms with Gasteiger partial charge in [-0.3, -0.25) is 9.69 Å². The molecular formula is C25H23N5O4S. The Balaban J connectivity index is 1.32. The summed E-state index contributed by atoms with van der Waals surface area (Å²) in [6, 6.07) is 13.6.